The summed E-state index contributed by atoms with van der Waals surface area (Å²) < 4.78 is 11.9. The van der Waals surface area contributed by atoms with Crippen LogP contribution in [0.4, 0.5) is 4.79 Å². The molecule has 0 spiro atoms. The standard InChI is InChI=1S/C20H25N3O4/c24-19-12-22(14-7-8-14)20(25)23(19)15-4-3-9-21(10-15)11-16-13-26-17-5-1-2-6-18(17)27-16/h1-2,5-6,14-16H,3-4,7-13H2. The van der Waals surface area contributed by atoms with Gasteiger partial charge in [0.25, 0.3) is 5.91 Å². The fourth-order valence-corrected chi connectivity index (χ4v) is 4.41. The number of hydrogen-bond acceptors (Lipinski definition) is 5. The van der Waals surface area contributed by atoms with Crippen LogP contribution in [0, 0.1) is 0 Å². The number of benzene rings is 1. The van der Waals surface area contributed by atoms with Gasteiger partial charge < -0.3 is 14.4 Å². The van der Waals surface area contributed by atoms with E-state index < -0.39 is 0 Å². The van der Waals surface area contributed by atoms with Crippen LogP contribution < -0.4 is 9.47 Å². The van der Waals surface area contributed by atoms with Crippen molar-refractivity contribution in [3.05, 3.63) is 24.3 Å². The Balaban J connectivity index is 1.21. The number of piperidine rings is 1. The molecule has 7 nitrogen and oxygen atoms in total. The number of likely N-dealkylation sites (tertiary alicyclic amines) is 1. The lowest BCUT2D eigenvalue weighted by molar-refractivity contribution is -0.127. The van der Waals surface area contributed by atoms with Crippen LogP contribution >= 0.6 is 0 Å². The number of rotatable bonds is 4. The van der Waals surface area contributed by atoms with E-state index in [1.165, 1.54) is 4.90 Å². The van der Waals surface area contributed by atoms with Gasteiger partial charge in [-0.25, -0.2) is 4.79 Å². The number of para-hydroxylation sites is 2. The minimum absolute atomic E-state index is 0.0284. The predicted octanol–water partition coefficient (Wildman–Crippen LogP) is 1.72. The first kappa shape index (κ1) is 16.9. The summed E-state index contributed by atoms with van der Waals surface area (Å²) in [5.74, 6) is 1.54. The summed E-state index contributed by atoms with van der Waals surface area (Å²) >= 11 is 0. The van der Waals surface area contributed by atoms with Gasteiger partial charge in [0.2, 0.25) is 0 Å². The number of urea groups is 1. The highest BCUT2D eigenvalue weighted by Gasteiger charge is 2.47. The third-order valence-corrected chi connectivity index (χ3v) is 5.89. The maximum absolute atomic E-state index is 12.7. The van der Waals surface area contributed by atoms with Crippen LogP contribution in [0.15, 0.2) is 24.3 Å². The highest BCUT2D eigenvalue weighted by atomic mass is 16.6. The second-order valence-electron chi connectivity index (χ2n) is 7.96. The quantitative estimate of drug-likeness (QED) is 0.754. The van der Waals surface area contributed by atoms with E-state index in [0.29, 0.717) is 12.6 Å². The zero-order valence-electron chi connectivity index (χ0n) is 15.4. The third kappa shape index (κ3) is 3.25. The highest BCUT2D eigenvalue weighted by molar-refractivity contribution is 6.02. The Morgan fingerprint density at radius 1 is 1.04 bits per heavy atom. The Kier molecular flexibility index (Phi) is 4.19. The summed E-state index contributed by atoms with van der Waals surface area (Å²) in [4.78, 5) is 30.7. The summed E-state index contributed by atoms with van der Waals surface area (Å²) in [6.07, 6.45) is 3.90. The molecule has 2 atom stereocenters. The molecule has 3 amide bonds. The van der Waals surface area contributed by atoms with Crippen LogP contribution in [0.1, 0.15) is 25.7 Å². The van der Waals surface area contributed by atoms with E-state index in [2.05, 4.69) is 4.90 Å². The van der Waals surface area contributed by atoms with Crippen molar-refractivity contribution in [2.24, 2.45) is 0 Å². The van der Waals surface area contributed by atoms with Gasteiger partial charge in [0.15, 0.2) is 11.5 Å². The molecule has 4 aliphatic rings. The first-order valence-corrected chi connectivity index (χ1v) is 9.92. The van der Waals surface area contributed by atoms with Crippen LogP contribution in [0.3, 0.4) is 0 Å². The Labute approximate surface area is 158 Å². The van der Waals surface area contributed by atoms with E-state index in [9.17, 15) is 9.59 Å². The summed E-state index contributed by atoms with van der Waals surface area (Å²) in [6.45, 7) is 3.21. The molecule has 0 radical (unpaired) electrons. The van der Waals surface area contributed by atoms with Gasteiger partial charge in [-0.3, -0.25) is 14.6 Å². The number of carbonyl (C=O) groups is 2. The molecule has 1 aromatic rings. The second-order valence-corrected chi connectivity index (χ2v) is 7.96. The lowest BCUT2D eigenvalue weighted by Gasteiger charge is -2.38. The van der Waals surface area contributed by atoms with E-state index in [1.807, 2.05) is 24.3 Å². The van der Waals surface area contributed by atoms with Gasteiger partial charge in [0, 0.05) is 19.1 Å². The Morgan fingerprint density at radius 3 is 2.67 bits per heavy atom. The lowest BCUT2D eigenvalue weighted by Crippen LogP contribution is -2.53. The molecular weight excluding hydrogens is 346 g/mol. The molecule has 1 aromatic carbocycles. The number of imide groups is 1. The summed E-state index contributed by atoms with van der Waals surface area (Å²) in [5.41, 5.74) is 0. The van der Waals surface area contributed by atoms with Crippen LogP contribution in [0.2, 0.25) is 0 Å². The van der Waals surface area contributed by atoms with Crippen molar-refractivity contribution in [1.82, 2.24) is 14.7 Å². The number of amides is 3. The average Bonchev–Trinajstić information content (AvgIpc) is 3.47. The van der Waals surface area contributed by atoms with E-state index in [-0.39, 0.29) is 30.6 Å². The van der Waals surface area contributed by atoms with Crippen molar-refractivity contribution in [2.45, 2.75) is 43.9 Å². The molecule has 5 rings (SSSR count). The topological polar surface area (TPSA) is 62.3 Å². The zero-order chi connectivity index (χ0) is 18.4. The zero-order valence-corrected chi connectivity index (χ0v) is 15.4. The van der Waals surface area contributed by atoms with Crippen molar-refractivity contribution >= 4 is 11.9 Å². The highest BCUT2D eigenvalue weighted by Crippen LogP contribution is 2.33. The summed E-state index contributed by atoms with van der Waals surface area (Å²) in [7, 11) is 0. The minimum atomic E-state index is -0.0828. The normalized spacial score (nSPS) is 28.7. The van der Waals surface area contributed by atoms with Crippen molar-refractivity contribution in [1.29, 1.82) is 0 Å². The fraction of sp³-hybridized carbons (Fsp3) is 0.600. The van der Waals surface area contributed by atoms with E-state index in [0.717, 1.165) is 56.8 Å². The van der Waals surface area contributed by atoms with Crippen molar-refractivity contribution < 1.29 is 19.1 Å². The third-order valence-electron chi connectivity index (χ3n) is 5.89. The summed E-state index contributed by atoms with van der Waals surface area (Å²) in [6, 6.07) is 7.90. The number of hydrogen-bond donors (Lipinski definition) is 0. The molecule has 0 N–H and O–H groups in total. The molecule has 0 aromatic heterocycles. The maximum Gasteiger partial charge on any atom is 0.327 e. The smallest absolute Gasteiger partial charge is 0.327 e. The molecule has 2 saturated heterocycles. The Morgan fingerprint density at radius 2 is 1.85 bits per heavy atom. The summed E-state index contributed by atoms with van der Waals surface area (Å²) in [5, 5.41) is 0. The van der Waals surface area contributed by atoms with Crippen LogP contribution in [0.25, 0.3) is 0 Å². The average molecular weight is 371 g/mol. The number of nitrogens with zero attached hydrogens (tertiary/aromatic N) is 3. The van der Waals surface area contributed by atoms with Crippen LogP contribution in [-0.4, -0.2) is 77.6 Å². The van der Waals surface area contributed by atoms with Gasteiger partial charge in [-0.2, -0.15) is 0 Å². The van der Waals surface area contributed by atoms with Crippen LogP contribution in [-0.2, 0) is 4.79 Å². The van der Waals surface area contributed by atoms with Gasteiger partial charge in [-0.15, -0.1) is 0 Å². The number of fused-ring (bicyclic) bond motifs is 1. The molecule has 2 unspecified atom stereocenters. The van der Waals surface area contributed by atoms with E-state index in [4.69, 9.17) is 9.47 Å². The monoisotopic (exact) mass is 371 g/mol. The second kappa shape index (κ2) is 6.71. The van der Waals surface area contributed by atoms with Gasteiger partial charge in [-0.05, 0) is 44.4 Å². The minimum Gasteiger partial charge on any atom is -0.486 e. The van der Waals surface area contributed by atoms with Crippen LogP contribution in [0.5, 0.6) is 11.5 Å². The largest absolute Gasteiger partial charge is 0.486 e. The van der Waals surface area contributed by atoms with Gasteiger partial charge >= 0.3 is 6.03 Å². The first-order chi connectivity index (χ1) is 13.2. The molecule has 1 aliphatic carbocycles. The number of carbonyl (C=O) groups excluding carboxylic acids is 2. The molecule has 1 saturated carbocycles. The van der Waals surface area contributed by atoms with Crippen molar-refractivity contribution in [3.63, 3.8) is 0 Å². The predicted molar refractivity (Wildman–Crippen MR) is 97.8 cm³/mol. The van der Waals surface area contributed by atoms with Crippen molar-refractivity contribution in [3.8, 4) is 11.5 Å². The first-order valence-electron chi connectivity index (χ1n) is 9.92. The molecule has 27 heavy (non-hydrogen) atoms. The Hall–Kier alpha value is -2.28. The maximum atomic E-state index is 12.7. The Bertz CT molecular complexity index is 750. The SMILES string of the molecule is O=C1CN(C2CC2)C(=O)N1C1CCCN(CC2COc3ccccc3O2)C1. The van der Waals surface area contributed by atoms with Gasteiger partial charge in [0.05, 0.1) is 6.04 Å². The molecule has 3 aliphatic heterocycles. The van der Waals surface area contributed by atoms with E-state index >= 15 is 0 Å². The molecular formula is C20H25N3O4. The van der Waals surface area contributed by atoms with E-state index in [1.54, 1.807) is 4.90 Å². The van der Waals surface area contributed by atoms with Gasteiger partial charge in [0.1, 0.15) is 19.3 Å². The molecule has 7 heteroatoms. The molecule has 3 fully saturated rings. The molecule has 144 valence electrons. The van der Waals surface area contributed by atoms with Gasteiger partial charge in [-0.1, -0.05) is 12.1 Å². The lowest BCUT2D eigenvalue weighted by atomic mass is 10.0. The molecule has 0 bridgehead atoms. The van der Waals surface area contributed by atoms with Crippen molar-refractivity contribution in [2.75, 3.05) is 32.8 Å². The number of ether oxygens (including phenoxy) is 2. The molecule has 3 heterocycles. The fourth-order valence-electron chi connectivity index (χ4n) is 4.41.